The average molecular weight is 282 g/mol. The van der Waals surface area contributed by atoms with E-state index < -0.39 is 0 Å². The highest BCUT2D eigenvalue weighted by Gasteiger charge is 2.04. The van der Waals surface area contributed by atoms with Gasteiger partial charge in [-0.1, -0.05) is 11.6 Å². The first-order chi connectivity index (χ1) is 8.72. The average Bonchev–Trinajstić information content (AvgIpc) is 2.42. The molecular formula is C13H12ClNO2S. The number of aliphatic hydroxyl groups is 1. The summed E-state index contributed by atoms with van der Waals surface area (Å²) in [6, 6.07) is 9.33. The Morgan fingerprint density at radius 1 is 1.33 bits per heavy atom. The zero-order valence-corrected chi connectivity index (χ0v) is 11.3. The van der Waals surface area contributed by atoms with Crippen molar-refractivity contribution in [3.05, 3.63) is 47.1 Å². The van der Waals surface area contributed by atoms with Gasteiger partial charge in [0.2, 0.25) is 5.88 Å². The molecule has 0 bridgehead atoms. The van der Waals surface area contributed by atoms with Crippen LogP contribution in [0.5, 0.6) is 11.6 Å². The number of hydrogen-bond donors (Lipinski definition) is 1. The van der Waals surface area contributed by atoms with Crippen LogP contribution in [0, 0.1) is 0 Å². The second-order valence-corrected chi connectivity index (χ2v) is 4.84. The molecule has 1 heterocycles. The van der Waals surface area contributed by atoms with Crippen molar-refractivity contribution in [2.24, 2.45) is 0 Å². The van der Waals surface area contributed by atoms with Crippen LogP contribution in [-0.2, 0) is 6.61 Å². The van der Waals surface area contributed by atoms with Gasteiger partial charge in [-0.15, -0.1) is 11.8 Å². The summed E-state index contributed by atoms with van der Waals surface area (Å²) in [4.78, 5) is 5.22. The molecule has 0 unspecified atom stereocenters. The van der Waals surface area contributed by atoms with Crippen LogP contribution in [0.15, 0.2) is 41.4 Å². The third kappa shape index (κ3) is 3.16. The van der Waals surface area contributed by atoms with E-state index in [1.807, 2.05) is 30.5 Å². The highest BCUT2D eigenvalue weighted by Crippen LogP contribution is 2.25. The molecule has 2 aromatic rings. The van der Waals surface area contributed by atoms with Crippen LogP contribution in [-0.4, -0.2) is 16.3 Å². The van der Waals surface area contributed by atoms with E-state index >= 15 is 0 Å². The van der Waals surface area contributed by atoms with Crippen LogP contribution >= 0.6 is 23.4 Å². The van der Waals surface area contributed by atoms with Gasteiger partial charge in [0.1, 0.15) is 5.75 Å². The maximum absolute atomic E-state index is 9.11. The quantitative estimate of drug-likeness (QED) is 0.867. The zero-order valence-electron chi connectivity index (χ0n) is 9.76. The van der Waals surface area contributed by atoms with Crippen LogP contribution in [0.3, 0.4) is 0 Å². The van der Waals surface area contributed by atoms with Crippen LogP contribution in [0.2, 0.25) is 5.02 Å². The van der Waals surface area contributed by atoms with E-state index in [0.29, 0.717) is 22.2 Å². The summed E-state index contributed by atoms with van der Waals surface area (Å²) >= 11 is 7.53. The lowest BCUT2D eigenvalue weighted by atomic mass is 10.3. The smallest absolute Gasteiger partial charge is 0.219 e. The summed E-state index contributed by atoms with van der Waals surface area (Å²) < 4.78 is 5.59. The molecule has 0 aliphatic carbocycles. The molecule has 3 nitrogen and oxygen atoms in total. The third-order valence-corrected chi connectivity index (χ3v) is 3.45. The molecule has 0 amide bonds. The highest BCUT2D eigenvalue weighted by molar-refractivity contribution is 7.98. The molecule has 2 rings (SSSR count). The van der Waals surface area contributed by atoms with Gasteiger partial charge in [0.25, 0.3) is 0 Å². The second kappa shape index (κ2) is 6.09. The fourth-order valence-corrected chi connectivity index (χ4v) is 1.97. The van der Waals surface area contributed by atoms with Crippen LogP contribution in [0.1, 0.15) is 5.56 Å². The van der Waals surface area contributed by atoms with Crippen molar-refractivity contribution in [1.82, 2.24) is 4.98 Å². The van der Waals surface area contributed by atoms with Gasteiger partial charge in [0.05, 0.1) is 11.6 Å². The monoisotopic (exact) mass is 281 g/mol. The van der Waals surface area contributed by atoms with Crippen LogP contribution < -0.4 is 4.74 Å². The van der Waals surface area contributed by atoms with Crippen LogP contribution in [0.4, 0.5) is 0 Å². The summed E-state index contributed by atoms with van der Waals surface area (Å²) in [5, 5.41) is 9.54. The molecule has 0 atom stereocenters. The van der Waals surface area contributed by atoms with E-state index in [2.05, 4.69) is 4.98 Å². The first-order valence-electron chi connectivity index (χ1n) is 5.30. The Hall–Kier alpha value is -1.23. The molecule has 1 aromatic heterocycles. The van der Waals surface area contributed by atoms with Crippen LogP contribution in [0.25, 0.3) is 0 Å². The Bertz CT molecular complexity index is 531. The van der Waals surface area contributed by atoms with Crippen molar-refractivity contribution in [3.63, 3.8) is 0 Å². The van der Waals surface area contributed by atoms with Gasteiger partial charge in [-0.25, -0.2) is 4.98 Å². The minimum atomic E-state index is -0.136. The number of pyridine rings is 1. The Morgan fingerprint density at radius 3 is 2.67 bits per heavy atom. The lowest BCUT2D eigenvalue weighted by Gasteiger charge is -2.07. The Labute approximate surface area is 115 Å². The molecule has 1 aromatic carbocycles. The predicted molar refractivity (Wildman–Crippen MR) is 73.5 cm³/mol. The van der Waals surface area contributed by atoms with Gasteiger partial charge in [0, 0.05) is 22.7 Å². The summed E-state index contributed by atoms with van der Waals surface area (Å²) in [5.41, 5.74) is 0.599. The van der Waals surface area contributed by atoms with Crippen molar-refractivity contribution in [2.75, 3.05) is 6.26 Å². The normalized spacial score (nSPS) is 10.4. The fraction of sp³-hybridized carbons (Fsp3) is 0.154. The molecule has 18 heavy (non-hydrogen) atoms. The van der Waals surface area contributed by atoms with Gasteiger partial charge in [-0.3, -0.25) is 0 Å². The topological polar surface area (TPSA) is 42.4 Å². The van der Waals surface area contributed by atoms with Crippen molar-refractivity contribution in [2.45, 2.75) is 11.5 Å². The highest BCUT2D eigenvalue weighted by atomic mass is 35.5. The Morgan fingerprint density at radius 2 is 2.06 bits per heavy atom. The van der Waals surface area contributed by atoms with Crippen molar-refractivity contribution < 1.29 is 9.84 Å². The molecule has 0 aliphatic heterocycles. The van der Waals surface area contributed by atoms with Crippen molar-refractivity contribution in [3.8, 4) is 11.6 Å². The minimum absolute atomic E-state index is 0.136. The van der Waals surface area contributed by atoms with E-state index in [0.717, 1.165) is 0 Å². The molecule has 0 fully saturated rings. The number of aliphatic hydroxyl groups excluding tert-OH is 1. The number of benzene rings is 1. The first kappa shape index (κ1) is 13.2. The first-order valence-corrected chi connectivity index (χ1v) is 6.90. The Balaban J connectivity index is 2.17. The van der Waals surface area contributed by atoms with Gasteiger partial charge in [0.15, 0.2) is 0 Å². The number of thioether (sulfide) groups is 1. The Kier molecular flexibility index (Phi) is 4.47. The van der Waals surface area contributed by atoms with Gasteiger partial charge >= 0.3 is 0 Å². The molecule has 0 aliphatic rings. The summed E-state index contributed by atoms with van der Waals surface area (Å²) in [6.45, 7) is -0.136. The predicted octanol–water partition coefficient (Wildman–Crippen LogP) is 3.74. The molecule has 0 spiro atoms. The number of rotatable bonds is 4. The molecule has 5 heteroatoms. The summed E-state index contributed by atoms with van der Waals surface area (Å²) in [6.07, 6.45) is 3.49. The number of hydrogen-bond acceptors (Lipinski definition) is 4. The second-order valence-electron chi connectivity index (χ2n) is 3.55. The number of ether oxygens (including phenoxy) is 1. The van der Waals surface area contributed by atoms with E-state index in [-0.39, 0.29) is 6.61 Å². The lowest BCUT2D eigenvalue weighted by molar-refractivity contribution is 0.281. The standard InChI is InChI=1S/C13H12ClNO2S/c1-18-11-4-2-10(3-5-11)17-13-6-9(8-16)12(14)7-15-13/h2-7,16H,8H2,1H3. The van der Waals surface area contributed by atoms with E-state index in [4.69, 9.17) is 21.4 Å². The SMILES string of the molecule is CSc1ccc(Oc2cc(CO)c(Cl)cn2)cc1. The van der Waals surface area contributed by atoms with E-state index in [1.54, 1.807) is 17.8 Å². The molecule has 0 saturated carbocycles. The molecule has 94 valence electrons. The molecule has 0 radical (unpaired) electrons. The van der Waals surface area contributed by atoms with Gasteiger partial charge < -0.3 is 9.84 Å². The molecule has 1 N–H and O–H groups in total. The lowest BCUT2D eigenvalue weighted by Crippen LogP contribution is -1.92. The van der Waals surface area contributed by atoms with Gasteiger partial charge in [-0.05, 0) is 30.5 Å². The fourth-order valence-electron chi connectivity index (χ4n) is 1.40. The van der Waals surface area contributed by atoms with E-state index in [9.17, 15) is 0 Å². The third-order valence-electron chi connectivity index (χ3n) is 2.36. The van der Waals surface area contributed by atoms with Crippen molar-refractivity contribution >= 4 is 23.4 Å². The number of halogens is 1. The van der Waals surface area contributed by atoms with Gasteiger partial charge in [-0.2, -0.15) is 0 Å². The number of nitrogens with zero attached hydrogens (tertiary/aromatic N) is 1. The minimum Gasteiger partial charge on any atom is -0.439 e. The molecular weight excluding hydrogens is 270 g/mol. The largest absolute Gasteiger partial charge is 0.439 e. The zero-order chi connectivity index (χ0) is 13.0. The number of aromatic nitrogens is 1. The summed E-state index contributed by atoms with van der Waals surface area (Å²) in [7, 11) is 0. The maximum atomic E-state index is 9.11. The van der Waals surface area contributed by atoms with E-state index in [1.165, 1.54) is 11.1 Å². The maximum Gasteiger partial charge on any atom is 0.219 e. The molecule has 0 saturated heterocycles. The summed E-state index contributed by atoms with van der Waals surface area (Å²) in [5.74, 6) is 1.12. The van der Waals surface area contributed by atoms with Crippen molar-refractivity contribution in [1.29, 1.82) is 0 Å².